The largest absolute Gasteiger partial charge is 0.317 e. The molecule has 0 spiro atoms. The van der Waals surface area contributed by atoms with Crippen LogP contribution in [0.5, 0.6) is 0 Å². The summed E-state index contributed by atoms with van der Waals surface area (Å²) < 4.78 is 0. The summed E-state index contributed by atoms with van der Waals surface area (Å²) in [6.07, 6.45) is 10.1. The van der Waals surface area contributed by atoms with Crippen molar-refractivity contribution in [3.05, 3.63) is 0 Å². The Morgan fingerprint density at radius 3 is 2.36 bits per heavy atom. The van der Waals surface area contributed by atoms with Gasteiger partial charge in [-0.1, -0.05) is 45.4 Å². The predicted octanol–water partition coefficient (Wildman–Crippen LogP) is 3.59. The molecule has 0 aromatic carbocycles. The molecule has 84 valence electrons. The molecule has 0 aliphatic heterocycles. The summed E-state index contributed by atoms with van der Waals surface area (Å²) in [5.74, 6) is 1.93. The maximum atomic E-state index is 3.45. The second kappa shape index (κ2) is 6.44. The quantitative estimate of drug-likeness (QED) is 0.710. The highest BCUT2D eigenvalue weighted by Crippen LogP contribution is 2.34. The summed E-state index contributed by atoms with van der Waals surface area (Å²) in [5.41, 5.74) is 0. The first-order valence-corrected chi connectivity index (χ1v) is 6.46. The molecule has 0 radical (unpaired) electrons. The minimum atomic E-state index is 0.707. The third kappa shape index (κ3) is 3.27. The van der Waals surface area contributed by atoms with E-state index in [1.165, 1.54) is 44.9 Å². The fraction of sp³-hybridized carbons (Fsp3) is 1.00. The van der Waals surface area contributed by atoms with E-state index in [1.54, 1.807) is 0 Å². The Balaban J connectivity index is 2.46. The van der Waals surface area contributed by atoms with Crippen LogP contribution in [0.25, 0.3) is 0 Å². The van der Waals surface area contributed by atoms with Gasteiger partial charge in [-0.25, -0.2) is 0 Å². The van der Waals surface area contributed by atoms with Gasteiger partial charge in [-0.3, -0.25) is 0 Å². The molecular weight excluding hydrogens is 170 g/mol. The van der Waals surface area contributed by atoms with E-state index in [1.807, 2.05) is 0 Å². The van der Waals surface area contributed by atoms with Gasteiger partial charge < -0.3 is 5.32 Å². The smallest absolute Gasteiger partial charge is 0.00666 e. The van der Waals surface area contributed by atoms with Crippen LogP contribution in [0.4, 0.5) is 0 Å². The van der Waals surface area contributed by atoms with Crippen LogP contribution >= 0.6 is 0 Å². The molecule has 1 saturated carbocycles. The zero-order valence-corrected chi connectivity index (χ0v) is 10.2. The molecule has 1 N–H and O–H groups in total. The molecular formula is C13H27N. The molecule has 1 rings (SSSR count). The highest BCUT2D eigenvalue weighted by molar-refractivity contribution is 4.80. The molecule has 0 aromatic heterocycles. The lowest BCUT2D eigenvalue weighted by Gasteiger charge is -2.34. The van der Waals surface area contributed by atoms with E-state index in [0.717, 1.165) is 11.8 Å². The van der Waals surface area contributed by atoms with Gasteiger partial charge in [0.1, 0.15) is 0 Å². The molecule has 2 unspecified atom stereocenters. The lowest BCUT2D eigenvalue weighted by Crippen LogP contribution is -2.36. The Bertz CT molecular complexity index is 138. The van der Waals surface area contributed by atoms with Gasteiger partial charge in [0.05, 0.1) is 0 Å². The van der Waals surface area contributed by atoms with Gasteiger partial charge in [-0.05, 0) is 32.2 Å². The van der Waals surface area contributed by atoms with Gasteiger partial charge in [0.15, 0.2) is 0 Å². The van der Waals surface area contributed by atoms with Crippen LogP contribution in [0.15, 0.2) is 0 Å². The summed E-state index contributed by atoms with van der Waals surface area (Å²) in [5, 5.41) is 3.45. The molecule has 2 atom stereocenters. The van der Waals surface area contributed by atoms with Gasteiger partial charge in [-0.2, -0.15) is 0 Å². The van der Waals surface area contributed by atoms with Crippen LogP contribution in [-0.2, 0) is 0 Å². The Hall–Kier alpha value is -0.0400. The second-order valence-electron chi connectivity index (χ2n) is 4.93. The van der Waals surface area contributed by atoms with E-state index >= 15 is 0 Å². The Kier molecular flexibility index (Phi) is 5.54. The summed E-state index contributed by atoms with van der Waals surface area (Å²) >= 11 is 0. The molecule has 1 fully saturated rings. The number of hydrogen-bond acceptors (Lipinski definition) is 1. The third-order valence-electron chi connectivity index (χ3n) is 3.97. The van der Waals surface area contributed by atoms with Crippen LogP contribution in [0.2, 0.25) is 0 Å². The minimum Gasteiger partial charge on any atom is -0.317 e. The van der Waals surface area contributed by atoms with Crippen molar-refractivity contribution in [1.82, 2.24) is 5.32 Å². The van der Waals surface area contributed by atoms with E-state index in [4.69, 9.17) is 0 Å². The second-order valence-corrected chi connectivity index (χ2v) is 4.93. The maximum absolute atomic E-state index is 3.45. The van der Waals surface area contributed by atoms with Crippen LogP contribution in [-0.4, -0.2) is 13.1 Å². The normalized spacial score (nSPS) is 23.4. The fourth-order valence-corrected chi connectivity index (χ4v) is 3.00. The minimum absolute atomic E-state index is 0.707. The summed E-state index contributed by atoms with van der Waals surface area (Å²) in [4.78, 5) is 0. The molecule has 0 aromatic rings. The van der Waals surface area contributed by atoms with E-state index in [2.05, 4.69) is 26.2 Å². The SMILES string of the molecule is CCCC(C1CCCCC1)C(C)NC. The van der Waals surface area contributed by atoms with E-state index in [-0.39, 0.29) is 0 Å². The highest BCUT2D eigenvalue weighted by Gasteiger charge is 2.26. The van der Waals surface area contributed by atoms with Crippen LogP contribution < -0.4 is 5.32 Å². The number of nitrogens with one attached hydrogen (secondary N) is 1. The summed E-state index contributed by atoms with van der Waals surface area (Å²) in [6, 6.07) is 0.707. The average Bonchev–Trinajstić information content (AvgIpc) is 2.26. The van der Waals surface area contributed by atoms with Crippen molar-refractivity contribution in [2.45, 2.75) is 64.8 Å². The Morgan fingerprint density at radius 2 is 1.86 bits per heavy atom. The fourth-order valence-electron chi connectivity index (χ4n) is 3.00. The standard InChI is InChI=1S/C13H27N/c1-4-8-13(11(2)14-3)12-9-6-5-7-10-12/h11-14H,4-10H2,1-3H3. The average molecular weight is 197 g/mol. The first kappa shape index (κ1) is 12.0. The zero-order valence-electron chi connectivity index (χ0n) is 10.2. The maximum Gasteiger partial charge on any atom is 0.00666 e. The lowest BCUT2D eigenvalue weighted by molar-refractivity contribution is 0.195. The van der Waals surface area contributed by atoms with Crippen LogP contribution in [0.1, 0.15) is 58.8 Å². The van der Waals surface area contributed by atoms with Crippen molar-refractivity contribution < 1.29 is 0 Å². The van der Waals surface area contributed by atoms with Gasteiger partial charge in [0, 0.05) is 6.04 Å². The van der Waals surface area contributed by atoms with E-state index < -0.39 is 0 Å². The van der Waals surface area contributed by atoms with Crippen molar-refractivity contribution in [2.24, 2.45) is 11.8 Å². The topological polar surface area (TPSA) is 12.0 Å². The highest BCUT2D eigenvalue weighted by atomic mass is 14.9. The van der Waals surface area contributed by atoms with Gasteiger partial charge in [-0.15, -0.1) is 0 Å². The van der Waals surface area contributed by atoms with Crippen LogP contribution in [0, 0.1) is 11.8 Å². The van der Waals surface area contributed by atoms with Crippen LogP contribution in [0.3, 0.4) is 0 Å². The van der Waals surface area contributed by atoms with Gasteiger partial charge >= 0.3 is 0 Å². The van der Waals surface area contributed by atoms with E-state index in [0.29, 0.717) is 6.04 Å². The molecule has 0 saturated heterocycles. The van der Waals surface area contributed by atoms with Crippen molar-refractivity contribution in [3.8, 4) is 0 Å². The molecule has 14 heavy (non-hydrogen) atoms. The molecule has 1 aliphatic carbocycles. The lowest BCUT2D eigenvalue weighted by atomic mass is 9.75. The first-order valence-electron chi connectivity index (χ1n) is 6.46. The molecule has 1 aliphatic rings. The summed E-state index contributed by atoms with van der Waals surface area (Å²) in [6.45, 7) is 4.67. The molecule has 0 heterocycles. The zero-order chi connectivity index (χ0) is 10.4. The molecule has 1 heteroatoms. The van der Waals surface area contributed by atoms with E-state index in [9.17, 15) is 0 Å². The summed E-state index contributed by atoms with van der Waals surface area (Å²) in [7, 11) is 2.11. The molecule has 0 amide bonds. The Labute approximate surface area is 89.7 Å². The van der Waals surface area contributed by atoms with Crippen molar-refractivity contribution >= 4 is 0 Å². The monoisotopic (exact) mass is 197 g/mol. The predicted molar refractivity (Wildman–Crippen MR) is 63.5 cm³/mol. The number of rotatable bonds is 5. The van der Waals surface area contributed by atoms with Gasteiger partial charge in [0.2, 0.25) is 0 Å². The van der Waals surface area contributed by atoms with Crippen molar-refractivity contribution in [2.75, 3.05) is 7.05 Å². The first-order chi connectivity index (χ1) is 6.79. The molecule has 0 bridgehead atoms. The van der Waals surface area contributed by atoms with Crippen molar-refractivity contribution in [1.29, 1.82) is 0 Å². The van der Waals surface area contributed by atoms with Crippen molar-refractivity contribution in [3.63, 3.8) is 0 Å². The third-order valence-corrected chi connectivity index (χ3v) is 3.97. The number of hydrogen-bond donors (Lipinski definition) is 1. The molecule has 1 nitrogen and oxygen atoms in total. The Morgan fingerprint density at radius 1 is 1.21 bits per heavy atom. The van der Waals surface area contributed by atoms with Gasteiger partial charge in [0.25, 0.3) is 0 Å².